The molecule has 0 spiro atoms. The van der Waals surface area contributed by atoms with Crippen molar-refractivity contribution in [1.29, 1.82) is 0 Å². The number of fused-ring (bicyclic) bond motifs is 1. The molecule has 0 N–H and O–H groups in total. The second-order valence-electron chi connectivity index (χ2n) is 8.40. The molecule has 0 bridgehead atoms. The van der Waals surface area contributed by atoms with E-state index in [1.54, 1.807) is 24.1 Å². The van der Waals surface area contributed by atoms with Crippen LogP contribution in [0.5, 0.6) is 11.6 Å². The summed E-state index contributed by atoms with van der Waals surface area (Å²) in [4.78, 5) is 19.8. The number of amides is 1. The monoisotopic (exact) mass is 488 g/mol. The Morgan fingerprint density at radius 3 is 2.34 bits per heavy atom. The molecule has 10 heteroatoms. The molecule has 2 atom stereocenters. The molecular formula is C25H27F3N4O3. The number of aryl methyl sites for hydroxylation is 1. The summed E-state index contributed by atoms with van der Waals surface area (Å²) < 4.78 is 53.7. The first-order valence-electron chi connectivity index (χ1n) is 11.4. The highest BCUT2D eigenvalue weighted by atomic mass is 19.2. The summed E-state index contributed by atoms with van der Waals surface area (Å²) >= 11 is 0. The molecule has 35 heavy (non-hydrogen) atoms. The number of carbonyl (C=O) groups excluding carboxylic acids is 1. The van der Waals surface area contributed by atoms with Crippen LogP contribution in [0.2, 0.25) is 0 Å². The van der Waals surface area contributed by atoms with Gasteiger partial charge in [-0.05, 0) is 43.5 Å². The number of methoxy groups -OCH3 is 2. The minimum absolute atomic E-state index is 0.198. The van der Waals surface area contributed by atoms with E-state index in [0.29, 0.717) is 36.4 Å². The number of pyridine rings is 1. The molecule has 0 saturated carbocycles. The van der Waals surface area contributed by atoms with Crippen LogP contribution in [0, 0.1) is 17.5 Å². The molecule has 4 rings (SSSR count). The summed E-state index contributed by atoms with van der Waals surface area (Å²) in [6.07, 6.45) is 1.62. The number of benzene rings is 1. The quantitative estimate of drug-likeness (QED) is 0.464. The first-order valence-corrected chi connectivity index (χ1v) is 11.4. The zero-order valence-corrected chi connectivity index (χ0v) is 20.2. The predicted octanol–water partition coefficient (Wildman–Crippen LogP) is 4.84. The third-order valence-corrected chi connectivity index (χ3v) is 6.47. The highest BCUT2D eigenvalue weighted by Crippen LogP contribution is 2.41. The van der Waals surface area contributed by atoms with E-state index in [-0.39, 0.29) is 35.1 Å². The highest BCUT2D eigenvalue weighted by Gasteiger charge is 2.40. The Hall–Kier alpha value is -3.56. The number of halogens is 3. The second-order valence-corrected chi connectivity index (χ2v) is 8.40. The topological polar surface area (TPSA) is 69.5 Å². The number of aromatic nitrogens is 3. The van der Waals surface area contributed by atoms with Gasteiger partial charge in [0.25, 0.3) is 11.8 Å². The highest BCUT2D eigenvalue weighted by molar-refractivity contribution is 5.93. The van der Waals surface area contributed by atoms with E-state index in [2.05, 4.69) is 10.1 Å². The Balaban J connectivity index is 1.81. The molecule has 1 unspecified atom stereocenters. The molecule has 1 amide bonds. The van der Waals surface area contributed by atoms with Crippen LogP contribution in [-0.4, -0.2) is 45.8 Å². The summed E-state index contributed by atoms with van der Waals surface area (Å²) in [6.45, 7) is 3.92. The fourth-order valence-corrected chi connectivity index (χ4v) is 4.85. The molecule has 1 aliphatic rings. The Morgan fingerprint density at radius 1 is 1.09 bits per heavy atom. The van der Waals surface area contributed by atoms with Crippen LogP contribution < -0.4 is 9.47 Å². The van der Waals surface area contributed by atoms with Crippen molar-refractivity contribution in [2.45, 2.75) is 45.2 Å². The van der Waals surface area contributed by atoms with Gasteiger partial charge in [0, 0.05) is 24.2 Å². The van der Waals surface area contributed by atoms with Gasteiger partial charge in [0.2, 0.25) is 0 Å². The van der Waals surface area contributed by atoms with Gasteiger partial charge in [0.1, 0.15) is 5.69 Å². The number of carbonyl (C=O) groups is 1. The fourth-order valence-electron chi connectivity index (χ4n) is 4.85. The van der Waals surface area contributed by atoms with E-state index in [1.165, 1.54) is 18.9 Å². The lowest BCUT2D eigenvalue weighted by atomic mass is 9.87. The van der Waals surface area contributed by atoms with Gasteiger partial charge in [-0.3, -0.25) is 9.48 Å². The number of rotatable bonds is 6. The average Bonchev–Trinajstić information content (AvgIpc) is 3.19. The lowest BCUT2D eigenvalue weighted by molar-refractivity contribution is 0.0505. The Labute approximate surface area is 201 Å². The van der Waals surface area contributed by atoms with Crippen LogP contribution in [0.4, 0.5) is 13.2 Å². The van der Waals surface area contributed by atoms with E-state index in [9.17, 15) is 18.0 Å². The van der Waals surface area contributed by atoms with Gasteiger partial charge >= 0.3 is 0 Å². The minimum Gasteiger partial charge on any atom is -0.491 e. The minimum atomic E-state index is -1.51. The van der Waals surface area contributed by atoms with E-state index in [4.69, 9.17) is 9.47 Å². The molecule has 0 aliphatic carbocycles. The largest absolute Gasteiger partial charge is 0.491 e. The molecule has 0 saturated heterocycles. The van der Waals surface area contributed by atoms with Crippen LogP contribution >= 0.6 is 0 Å². The SMILES string of the molecule is CCC1Cc2c(nn(C)c2-c2cc(F)c(F)c(F)c2)[C@H](CC)N1C(=O)c1ccc(OC)c(OC)n1. The van der Waals surface area contributed by atoms with Crippen LogP contribution in [-0.2, 0) is 13.5 Å². The van der Waals surface area contributed by atoms with Gasteiger partial charge in [-0.2, -0.15) is 5.10 Å². The van der Waals surface area contributed by atoms with Gasteiger partial charge in [0.15, 0.2) is 23.2 Å². The third-order valence-electron chi connectivity index (χ3n) is 6.47. The molecule has 186 valence electrons. The Bertz CT molecular complexity index is 1250. The van der Waals surface area contributed by atoms with Gasteiger partial charge in [0.05, 0.1) is 31.6 Å². The molecule has 1 aromatic carbocycles. The molecule has 7 nitrogen and oxygen atoms in total. The van der Waals surface area contributed by atoms with E-state index in [1.807, 2.05) is 13.8 Å². The first kappa shape index (κ1) is 24.6. The van der Waals surface area contributed by atoms with Crippen molar-refractivity contribution in [2.75, 3.05) is 14.2 Å². The standard InChI is InChI=1S/C25H27F3N4O3/c1-6-14-12-15-22(30-31(3)23(15)13-10-16(26)21(28)17(27)11-13)19(7-2)32(14)25(33)18-8-9-20(34-4)24(29-18)35-5/h8-11,14,19H,6-7,12H2,1-5H3/t14?,19-/m0/s1. The summed E-state index contributed by atoms with van der Waals surface area (Å²) in [6, 6.07) is 4.57. The maximum atomic E-state index is 14.0. The van der Waals surface area contributed by atoms with Gasteiger partial charge < -0.3 is 14.4 Å². The van der Waals surface area contributed by atoms with Crippen LogP contribution in [0.1, 0.15) is 54.5 Å². The molecule has 0 fully saturated rings. The van der Waals surface area contributed by atoms with Gasteiger partial charge in [-0.1, -0.05) is 13.8 Å². The molecule has 0 radical (unpaired) electrons. The maximum Gasteiger partial charge on any atom is 0.273 e. The summed E-state index contributed by atoms with van der Waals surface area (Å²) in [7, 11) is 4.61. The third kappa shape index (κ3) is 4.11. The first-order chi connectivity index (χ1) is 16.7. The summed E-state index contributed by atoms with van der Waals surface area (Å²) in [5, 5.41) is 4.64. The number of hydrogen-bond acceptors (Lipinski definition) is 5. The molecule has 3 heterocycles. The number of nitrogens with zero attached hydrogens (tertiary/aromatic N) is 4. The Morgan fingerprint density at radius 2 is 1.77 bits per heavy atom. The fraction of sp³-hybridized carbons (Fsp3) is 0.400. The zero-order chi connectivity index (χ0) is 25.4. The molecule has 1 aliphatic heterocycles. The van der Waals surface area contributed by atoms with Crippen molar-refractivity contribution in [3.8, 4) is 22.9 Å². The van der Waals surface area contributed by atoms with Crippen LogP contribution in [0.15, 0.2) is 24.3 Å². The van der Waals surface area contributed by atoms with Crippen molar-refractivity contribution in [3.05, 3.63) is 58.7 Å². The van der Waals surface area contributed by atoms with E-state index < -0.39 is 17.5 Å². The van der Waals surface area contributed by atoms with Gasteiger partial charge in [-0.25, -0.2) is 18.2 Å². The smallest absolute Gasteiger partial charge is 0.273 e. The molecule has 3 aromatic rings. The average molecular weight is 489 g/mol. The van der Waals surface area contributed by atoms with Crippen LogP contribution in [0.25, 0.3) is 11.3 Å². The number of ether oxygens (including phenoxy) is 2. The lowest BCUT2D eigenvalue weighted by Crippen LogP contribution is -2.47. The summed E-state index contributed by atoms with van der Waals surface area (Å²) in [5.41, 5.74) is 2.35. The van der Waals surface area contributed by atoms with Crippen molar-refractivity contribution < 1.29 is 27.4 Å². The molecule has 2 aromatic heterocycles. The van der Waals surface area contributed by atoms with Crippen LogP contribution in [0.3, 0.4) is 0 Å². The summed E-state index contributed by atoms with van der Waals surface area (Å²) in [5.74, 6) is -3.69. The van der Waals surface area contributed by atoms with Crippen molar-refractivity contribution >= 4 is 5.91 Å². The number of hydrogen-bond donors (Lipinski definition) is 0. The van der Waals surface area contributed by atoms with E-state index in [0.717, 1.165) is 17.7 Å². The van der Waals surface area contributed by atoms with Crippen molar-refractivity contribution in [1.82, 2.24) is 19.7 Å². The Kier molecular flexibility index (Phi) is 6.73. The zero-order valence-electron chi connectivity index (χ0n) is 20.2. The van der Waals surface area contributed by atoms with E-state index >= 15 is 0 Å². The molecular weight excluding hydrogens is 461 g/mol. The van der Waals surface area contributed by atoms with Gasteiger partial charge in [-0.15, -0.1) is 0 Å². The second kappa shape index (κ2) is 9.59. The normalized spacial score (nSPS) is 17.3. The van der Waals surface area contributed by atoms with Crippen molar-refractivity contribution in [3.63, 3.8) is 0 Å². The maximum absolute atomic E-state index is 14.0. The lowest BCUT2D eigenvalue weighted by Gasteiger charge is -2.41. The van der Waals surface area contributed by atoms with Crippen molar-refractivity contribution in [2.24, 2.45) is 7.05 Å². The predicted molar refractivity (Wildman–Crippen MR) is 123 cm³/mol.